The first-order chi connectivity index (χ1) is 8.54. The molecule has 2 atom stereocenters. The Hall–Kier alpha value is -1.14. The van der Waals surface area contributed by atoms with Gasteiger partial charge in [0.25, 0.3) is 0 Å². The van der Waals surface area contributed by atoms with Gasteiger partial charge in [-0.25, -0.2) is 0 Å². The number of nitrogens with zero attached hydrogens (tertiary/aromatic N) is 1. The summed E-state index contributed by atoms with van der Waals surface area (Å²) >= 11 is 0. The first-order valence-corrected chi connectivity index (χ1v) is 6.31. The van der Waals surface area contributed by atoms with Gasteiger partial charge in [-0.2, -0.15) is 0 Å². The summed E-state index contributed by atoms with van der Waals surface area (Å²) in [4.78, 5) is 24.8. The number of likely N-dealkylation sites (tertiary alicyclic amines) is 1. The van der Waals surface area contributed by atoms with E-state index in [4.69, 9.17) is 4.74 Å². The van der Waals surface area contributed by atoms with Crippen molar-refractivity contribution < 1.29 is 14.3 Å². The Bertz CT molecular complexity index is 296. The number of methoxy groups -OCH3 is 1. The van der Waals surface area contributed by atoms with Gasteiger partial charge < -0.3 is 20.3 Å². The fraction of sp³-hybridized carbons (Fsp3) is 0.833. The third kappa shape index (κ3) is 4.62. The topological polar surface area (TPSA) is 70.7 Å². The van der Waals surface area contributed by atoms with E-state index >= 15 is 0 Å². The van der Waals surface area contributed by atoms with Gasteiger partial charge in [-0.15, -0.1) is 0 Å². The van der Waals surface area contributed by atoms with Crippen LogP contribution in [0.4, 0.5) is 0 Å². The maximum absolute atomic E-state index is 11.7. The van der Waals surface area contributed by atoms with Crippen LogP contribution in [0.1, 0.15) is 19.8 Å². The SMILES string of the molecule is COCCNC(=O)C(C)NC1CCC(=O)N(C)C1. The normalized spacial score (nSPS) is 21.8. The molecule has 1 aliphatic heterocycles. The average Bonchev–Trinajstić information content (AvgIpc) is 2.34. The van der Waals surface area contributed by atoms with E-state index in [2.05, 4.69) is 10.6 Å². The summed E-state index contributed by atoms with van der Waals surface area (Å²) in [7, 11) is 3.39. The molecule has 0 spiro atoms. The van der Waals surface area contributed by atoms with E-state index in [1.165, 1.54) is 0 Å². The van der Waals surface area contributed by atoms with E-state index in [1.54, 1.807) is 19.1 Å². The highest BCUT2D eigenvalue weighted by Crippen LogP contribution is 2.10. The van der Waals surface area contributed by atoms with Crippen LogP contribution in [0.2, 0.25) is 0 Å². The predicted octanol–water partition coefficient (Wildman–Crippen LogP) is -0.652. The largest absolute Gasteiger partial charge is 0.383 e. The van der Waals surface area contributed by atoms with Gasteiger partial charge in [0.05, 0.1) is 12.6 Å². The van der Waals surface area contributed by atoms with Crippen LogP contribution in [0.5, 0.6) is 0 Å². The third-order valence-electron chi connectivity index (χ3n) is 3.11. The maximum Gasteiger partial charge on any atom is 0.236 e. The number of amides is 2. The minimum Gasteiger partial charge on any atom is -0.383 e. The molecule has 0 saturated carbocycles. The molecule has 2 unspecified atom stereocenters. The number of hydrogen-bond donors (Lipinski definition) is 2. The van der Waals surface area contributed by atoms with Crippen LogP contribution >= 0.6 is 0 Å². The number of nitrogens with one attached hydrogen (secondary N) is 2. The van der Waals surface area contributed by atoms with Crippen LogP contribution in [-0.4, -0.2) is 62.7 Å². The summed E-state index contributed by atoms with van der Waals surface area (Å²) in [5.41, 5.74) is 0. The van der Waals surface area contributed by atoms with Gasteiger partial charge >= 0.3 is 0 Å². The molecular weight excluding hydrogens is 234 g/mol. The minimum atomic E-state index is -0.256. The van der Waals surface area contributed by atoms with Crippen molar-refractivity contribution in [2.45, 2.75) is 31.8 Å². The lowest BCUT2D eigenvalue weighted by Crippen LogP contribution is -2.53. The van der Waals surface area contributed by atoms with Crippen molar-refractivity contribution in [2.24, 2.45) is 0 Å². The summed E-state index contributed by atoms with van der Waals surface area (Å²) in [5.74, 6) is 0.136. The highest BCUT2D eigenvalue weighted by atomic mass is 16.5. The van der Waals surface area contributed by atoms with Crippen LogP contribution in [0.3, 0.4) is 0 Å². The van der Waals surface area contributed by atoms with Gasteiger partial charge in [0.2, 0.25) is 11.8 Å². The van der Waals surface area contributed by atoms with Crippen molar-refractivity contribution in [1.82, 2.24) is 15.5 Å². The molecule has 0 aliphatic carbocycles. The molecular formula is C12H23N3O3. The van der Waals surface area contributed by atoms with Crippen LogP contribution in [-0.2, 0) is 14.3 Å². The number of likely N-dealkylation sites (N-methyl/N-ethyl adjacent to an activating group) is 1. The molecule has 18 heavy (non-hydrogen) atoms. The van der Waals surface area contributed by atoms with Gasteiger partial charge in [0, 0.05) is 39.7 Å². The third-order valence-corrected chi connectivity index (χ3v) is 3.11. The molecule has 1 fully saturated rings. The number of rotatable bonds is 6. The van der Waals surface area contributed by atoms with Crippen LogP contribution < -0.4 is 10.6 Å². The van der Waals surface area contributed by atoms with E-state index in [0.29, 0.717) is 26.1 Å². The Morgan fingerprint density at radius 1 is 1.61 bits per heavy atom. The zero-order valence-electron chi connectivity index (χ0n) is 11.4. The van der Waals surface area contributed by atoms with Gasteiger partial charge in [-0.3, -0.25) is 9.59 Å². The minimum absolute atomic E-state index is 0.0356. The zero-order valence-corrected chi connectivity index (χ0v) is 11.4. The first kappa shape index (κ1) is 14.9. The molecule has 0 aromatic heterocycles. The fourth-order valence-corrected chi connectivity index (χ4v) is 2.01. The van der Waals surface area contributed by atoms with Gasteiger partial charge in [-0.05, 0) is 13.3 Å². The summed E-state index contributed by atoms with van der Waals surface area (Å²) in [6.07, 6.45) is 1.34. The Balaban J connectivity index is 2.28. The number of hydrogen-bond acceptors (Lipinski definition) is 4. The Kier molecular flexibility index (Phi) is 6.07. The lowest BCUT2D eigenvalue weighted by molar-refractivity contribution is -0.132. The zero-order chi connectivity index (χ0) is 13.5. The van der Waals surface area contributed by atoms with Gasteiger partial charge in [-0.1, -0.05) is 0 Å². The number of piperidine rings is 1. The highest BCUT2D eigenvalue weighted by molar-refractivity contribution is 5.81. The Morgan fingerprint density at radius 3 is 2.94 bits per heavy atom. The Labute approximate surface area is 108 Å². The number of carbonyl (C=O) groups excluding carboxylic acids is 2. The molecule has 0 radical (unpaired) electrons. The van der Waals surface area contributed by atoms with Gasteiger partial charge in [0.15, 0.2) is 0 Å². The monoisotopic (exact) mass is 257 g/mol. The molecule has 2 amide bonds. The summed E-state index contributed by atoms with van der Waals surface area (Å²) < 4.78 is 4.87. The van der Waals surface area contributed by atoms with E-state index in [-0.39, 0.29) is 23.9 Å². The fourth-order valence-electron chi connectivity index (χ4n) is 2.01. The molecule has 0 aromatic rings. The van der Waals surface area contributed by atoms with Gasteiger partial charge in [0.1, 0.15) is 0 Å². The summed E-state index contributed by atoms with van der Waals surface area (Å²) in [5, 5.41) is 6.04. The molecule has 1 heterocycles. The molecule has 6 heteroatoms. The van der Waals surface area contributed by atoms with Crippen molar-refractivity contribution >= 4 is 11.8 Å². The summed E-state index contributed by atoms with van der Waals surface area (Å²) in [6, 6.07) is -0.0654. The van der Waals surface area contributed by atoms with E-state index in [0.717, 1.165) is 6.42 Å². The Morgan fingerprint density at radius 2 is 2.33 bits per heavy atom. The first-order valence-electron chi connectivity index (χ1n) is 6.31. The molecule has 0 aromatic carbocycles. The van der Waals surface area contributed by atoms with E-state index in [9.17, 15) is 9.59 Å². The number of ether oxygens (including phenoxy) is 1. The van der Waals surface area contributed by atoms with E-state index < -0.39 is 0 Å². The predicted molar refractivity (Wildman–Crippen MR) is 68.1 cm³/mol. The summed E-state index contributed by atoms with van der Waals surface area (Å²) in [6.45, 7) is 3.52. The second-order valence-corrected chi connectivity index (χ2v) is 4.68. The van der Waals surface area contributed by atoms with Crippen molar-refractivity contribution in [3.05, 3.63) is 0 Å². The van der Waals surface area contributed by atoms with Crippen molar-refractivity contribution in [3.8, 4) is 0 Å². The lowest BCUT2D eigenvalue weighted by atomic mass is 10.0. The smallest absolute Gasteiger partial charge is 0.236 e. The maximum atomic E-state index is 11.7. The van der Waals surface area contributed by atoms with Crippen LogP contribution in [0.15, 0.2) is 0 Å². The quantitative estimate of drug-likeness (QED) is 0.620. The second-order valence-electron chi connectivity index (χ2n) is 4.68. The molecule has 1 rings (SSSR count). The van der Waals surface area contributed by atoms with Crippen LogP contribution in [0, 0.1) is 0 Å². The molecule has 104 valence electrons. The highest BCUT2D eigenvalue weighted by Gasteiger charge is 2.25. The standard InChI is InChI=1S/C12H23N3O3/c1-9(12(17)13-6-7-18-3)14-10-4-5-11(16)15(2)8-10/h9-10,14H,4-8H2,1-3H3,(H,13,17). The average molecular weight is 257 g/mol. The molecule has 6 nitrogen and oxygen atoms in total. The lowest BCUT2D eigenvalue weighted by Gasteiger charge is -2.31. The van der Waals surface area contributed by atoms with E-state index in [1.807, 2.05) is 6.92 Å². The molecule has 1 saturated heterocycles. The van der Waals surface area contributed by atoms with Crippen molar-refractivity contribution in [1.29, 1.82) is 0 Å². The van der Waals surface area contributed by atoms with Crippen molar-refractivity contribution in [2.75, 3.05) is 33.9 Å². The molecule has 2 N–H and O–H groups in total. The molecule has 1 aliphatic rings. The number of carbonyl (C=O) groups is 2. The van der Waals surface area contributed by atoms with Crippen molar-refractivity contribution in [3.63, 3.8) is 0 Å². The van der Waals surface area contributed by atoms with Crippen LogP contribution in [0.25, 0.3) is 0 Å². The molecule has 0 bridgehead atoms. The second kappa shape index (κ2) is 7.33.